The van der Waals surface area contributed by atoms with Gasteiger partial charge in [-0.3, -0.25) is 4.79 Å². The Balaban J connectivity index is 3.05. The third-order valence-corrected chi connectivity index (χ3v) is 2.48. The average Bonchev–Trinajstić information content (AvgIpc) is 2.15. The largest absolute Gasteiger partial charge is 0.496 e. The van der Waals surface area contributed by atoms with Crippen LogP contribution in [-0.2, 0) is 4.79 Å². The summed E-state index contributed by atoms with van der Waals surface area (Å²) in [6.45, 7) is 3.87. The number of hydrogen-bond acceptors (Lipinski definition) is 2. The van der Waals surface area contributed by atoms with Crippen LogP contribution in [-0.4, -0.2) is 18.2 Å². The molecule has 0 aromatic heterocycles. The molecule has 0 saturated carbocycles. The van der Waals surface area contributed by atoms with Crippen LogP contribution in [0.3, 0.4) is 0 Å². The van der Waals surface area contributed by atoms with Gasteiger partial charge in [0.25, 0.3) is 0 Å². The summed E-state index contributed by atoms with van der Waals surface area (Å²) < 4.78 is 5.24. The van der Waals surface area contributed by atoms with E-state index in [1.54, 1.807) is 7.11 Å². The van der Waals surface area contributed by atoms with Crippen molar-refractivity contribution < 1.29 is 14.6 Å². The third-order valence-electron chi connectivity index (χ3n) is 2.48. The normalized spacial score (nSPS) is 12.2. The number of carboxylic acid groups (broad SMARTS) is 1. The van der Waals surface area contributed by atoms with Crippen molar-refractivity contribution in [1.29, 1.82) is 0 Å². The molecule has 0 aliphatic carbocycles. The van der Waals surface area contributed by atoms with Crippen molar-refractivity contribution in [1.82, 2.24) is 0 Å². The summed E-state index contributed by atoms with van der Waals surface area (Å²) in [5.41, 5.74) is 2.06. The maximum atomic E-state index is 10.7. The lowest BCUT2D eigenvalue weighted by Gasteiger charge is -2.16. The number of aliphatic carboxylic acids is 1. The standard InChI is InChI=1S/C12H16O3/c1-8-5-4-6-10(15-3)12(8)9(2)7-11(13)14/h4-6,9H,7H2,1-3H3,(H,13,14). The smallest absolute Gasteiger partial charge is 0.303 e. The zero-order chi connectivity index (χ0) is 11.4. The number of aryl methyl sites for hydroxylation is 1. The molecule has 0 aliphatic heterocycles. The third kappa shape index (κ3) is 2.72. The Kier molecular flexibility index (Phi) is 3.72. The van der Waals surface area contributed by atoms with Crippen molar-refractivity contribution in [2.24, 2.45) is 0 Å². The molecule has 0 amide bonds. The van der Waals surface area contributed by atoms with Gasteiger partial charge in [-0.25, -0.2) is 0 Å². The average molecular weight is 208 g/mol. The molecule has 0 aliphatic rings. The lowest BCUT2D eigenvalue weighted by molar-refractivity contribution is -0.137. The lowest BCUT2D eigenvalue weighted by Crippen LogP contribution is -2.06. The van der Waals surface area contributed by atoms with Gasteiger partial charge in [-0.05, 0) is 24.5 Å². The van der Waals surface area contributed by atoms with Crippen LogP contribution in [0.25, 0.3) is 0 Å². The van der Waals surface area contributed by atoms with E-state index in [9.17, 15) is 4.79 Å². The molecule has 0 heterocycles. The molecule has 1 rings (SSSR count). The van der Waals surface area contributed by atoms with Gasteiger partial charge in [0.15, 0.2) is 0 Å². The second-order valence-corrected chi connectivity index (χ2v) is 3.69. The minimum Gasteiger partial charge on any atom is -0.496 e. The highest BCUT2D eigenvalue weighted by Gasteiger charge is 2.16. The topological polar surface area (TPSA) is 46.5 Å². The van der Waals surface area contributed by atoms with Gasteiger partial charge in [0, 0.05) is 5.56 Å². The summed E-state index contributed by atoms with van der Waals surface area (Å²) in [6, 6.07) is 5.74. The number of methoxy groups -OCH3 is 1. The van der Waals surface area contributed by atoms with E-state index in [-0.39, 0.29) is 12.3 Å². The number of ether oxygens (including phenoxy) is 1. The first-order chi connectivity index (χ1) is 7.06. The molecule has 1 unspecified atom stereocenters. The van der Waals surface area contributed by atoms with E-state index < -0.39 is 5.97 Å². The first kappa shape index (κ1) is 11.6. The molecule has 1 atom stereocenters. The van der Waals surface area contributed by atoms with Crippen LogP contribution < -0.4 is 4.74 Å². The van der Waals surface area contributed by atoms with Crippen molar-refractivity contribution >= 4 is 5.97 Å². The molecular formula is C12H16O3. The molecule has 0 spiro atoms. The van der Waals surface area contributed by atoms with Gasteiger partial charge in [0.05, 0.1) is 13.5 Å². The number of carbonyl (C=O) groups is 1. The minimum absolute atomic E-state index is 0.0290. The molecular weight excluding hydrogens is 192 g/mol. The Morgan fingerprint density at radius 2 is 2.20 bits per heavy atom. The second-order valence-electron chi connectivity index (χ2n) is 3.69. The number of hydrogen-bond donors (Lipinski definition) is 1. The molecule has 3 nitrogen and oxygen atoms in total. The molecule has 0 radical (unpaired) electrons. The zero-order valence-electron chi connectivity index (χ0n) is 9.28. The highest BCUT2D eigenvalue weighted by atomic mass is 16.5. The first-order valence-electron chi connectivity index (χ1n) is 4.91. The fraction of sp³-hybridized carbons (Fsp3) is 0.417. The molecule has 3 heteroatoms. The second kappa shape index (κ2) is 4.82. The van der Waals surface area contributed by atoms with Crippen molar-refractivity contribution in [2.75, 3.05) is 7.11 Å². The molecule has 1 N–H and O–H groups in total. The van der Waals surface area contributed by atoms with Crippen LogP contribution in [0.2, 0.25) is 0 Å². The van der Waals surface area contributed by atoms with Gasteiger partial charge >= 0.3 is 5.97 Å². The minimum atomic E-state index is -0.784. The molecule has 82 valence electrons. The van der Waals surface area contributed by atoms with Gasteiger partial charge in [0.1, 0.15) is 5.75 Å². The van der Waals surface area contributed by atoms with Gasteiger partial charge in [-0.2, -0.15) is 0 Å². The van der Waals surface area contributed by atoms with E-state index >= 15 is 0 Å². The fourth-order valence-corrected chi connectivity index (χ4v) is 1.83. The Morgan fingerprint density at radius 3 is 2.73 bits per heavy atom. The monoisotopic (exact) mass is 208 g/mol. The molecule has 0 saturated heterocycles. The van der Waals surface area contributed by atoms with Crippen LogP contribution in [0.5, 0.6) is 5.75 Å². The van der Waals surface area contributed by atoms with Crippen LogP contribution in [0, 0.1) is 6.92 Å². The lowest BCUT2D eigenvalue weighted by atomic mass is 9.93. The van der Waals surface area contributed by atoms with Gasteiger partial charge in [0.2, 0.25) is 0 Å². The Labute approximate surface area is 89.7 Å². The Hall–Kier alpha value is -1.51. The summed E-state index contributed by atoms with van der Waals surface area (Å²) in [4.78, 5) is 10.7. The van der Waals surface area contributed by atoms with Crippen molar-refractivity contribution in [2.45, 2.75) is 26.2 Å². The SMILES string of the molecule is COc1cccc(C)c1C(C)CC(=O)O. The van der Waals surface area contributed by atoms with Crippen molar-refractivity contribution in [3.05, 3.63) is 29.3 Å². The molecule has 1 aromatic carbocycles. The number of carboxylic acids is 1. The maximum absolute atomic E-state index is 10.7. The van der Waals surface area contributed by atoms with Crippen molar-refractivity contribution in [3.8, 4) is 5.75 Å². The fourth-order valence-electron chi connectivity index (χ4n) is 1.83. The quantitative estimate of drug-likeness (QED) is 0.827. The molecule has 0 fully saturated rings. The van der Waals surface area contributed by atoms with E-state index in [4.69, 9.17) is 9.84 Å². The predicted molar refractivity (Wildman–Crippen MR) is 58.4 cm³/mol. The molecule has 1 aromatic rings. The highest BCUT2D eigenvalue weighted by molar-refractivity contribution is 5.68. The highest BCUT2D eigenvalue weighted by Crippen LogP contribution is 2.31. The van der Waals surface area contributed by atoms with Gasteiger partial charge < -0.3 is 9.84 Å². The Bertz CT molecular complexity index is 358. The van der Waals surface area contributed by atoms with Crippen LogP contribution in [0.15, 0.2) is 18.2 Å². The first-order valence-corrected chi connectivity index (χ1v) is 4.91. The van der Waals surface area contributed by atoms with E-state index in [1.165, 1.54) is 0 Å². The van der Waals surface area contributed by atoms with Gasteiger partial charge in [-0.1, -0.05) is 19.1 Å². The van der Waals surface area contributed by atoms with E-state index in [2.05, 4.69) is 0 Å². The molecule has 0 bridgehead atoms. The van der Waals surface area contributed by atoms with Crippen molar-refractivity contribution in [3.63, 3.8) is 0 Å². The predicted octanol–water partition coefficient (Wildman–Crippen LogP) is 2.58. The number of benzene rings is 1. The molecule has 15 heavy (non-hydrogen) atoms. The summed E-state index contributed by atoms with van der Waals surface area (Å²) in [5, 5.41) is 8.76. The van der Waals surface area contributed by atoms with Crippen LogP contribution >= 0.6 is 0 Å². The Morgan fingerprint density at radius 1 is 1.53 bits per heavy atom. The summed E-state index contributed by atoms with van der Waals surface area (Å²) in [7, 11) is 1.60. The van der Waals surface area contributed by atoms with Crippen LogP contribution in [0.1, 0.15) is 30.4 Å². The summed E-state index contributed by atoms with van der Waals surface area (Å²) in [6.07, 6.45) is 0.126. The van der Waals surface area contributed by atoms with E-state index in [0.717, 1.165) is 16.9 Å². The summed E-state index contributed by atoms with van der Waals surface area (Å²) in [5.74, 6) is -0.0461. The van der Waals surface area contributed by atoms with E-state index in [1.807, 2.05) is 32.0 Å². The zero-order valence-corrected chi connectivity index (χ0v) is 9.28. The number of rotatable bonds is 4. The van der Waals surface area contributed by atoms with Crippen LogP contribution in [0.4, 0.5) is 0 Å². The van der Waals surface area contributed by atoms with Gasteiger partial charge in [-0.15, -0.1) is 0 Å². The summed E-state index contributed by atoms with van der Waals surface area (Å²) >= 11 is 0. The maximum Gasteiger partial charge on any atom is 0.303 e. The van der Waals surface area contributed by atoms with E-state index in [0.29, 0.717) is 0 Å².